The van der Waals surface area contributed by atoms with Gasteiger partial charge in [-0.15, -0.1) is 0 Å². The molecular weight excluding hydrogens is 302 g/mol. The van der Waals surface area contributed by atoms with Gasteiger partial charge >= 0.3 is 0 Å². The zero-order valence-electron chi connectivity index (χ0n) is 14.3. The molecule has 0 aliphatic heterocycles. The molecule has 1 aromatic carbocycles. The Hall–Kier alpha value is -2.17. The smallest absolute Gasteiger partial charge is 0.261 e. The van der Waals surface area contributed by atoms with Gasteiger partial charge in [0, 0.05) is 26.1 Å². The first-order chi connectivity index (χ1) is 11.7. The largest absolute Gasteiger partial charge is 0.343 e. The van der Waals surface area contributed by atoms with E-state index in [1.165, 1.54) is 25.7 Å². The quantitative estimate of drug-likeness (QED) is 0.811. The van der Waals surface area contributed by atoms with Crippen molar-refractivity contribution in [1.82, 2.24) is 14.5 Å². The summed E-state index contributed by atoms with van der Waals surface area (Å²) in [5.74, 6) is 0.113. The summed E-state index contributed by atoms with van der Waals surface area (Å²) >= 11 is 0. The van der Waals surface area contributed by atoms with Crippen LogP contribution in [-0.2, 0) is 11.3 Å². The summed E-state index contributed by atoms with van der Waals surface area (Å²) in [5, 5.41) is 0.601. The third-order valence-electron chi connectivity index (χ3n) is 5.06. The van der Waals surface area contributed by atoms with Crippen molar-refractivity contribution in [2.45, 2.75) is 57.5 Å². The number of fused-ring (bicyclic) bond motifs is 1. The first kappa shape index (κ1) is 16.7. The van der Waals surface area contributed by atoms with E-state index in [2.05, 4.69) is 4.98 Å². The monoisotopic (exact) mass is 327 g/mol. The highest BCUT2D eigenvalue weighted by Gasteiger charge is 2.21. The van der Waals surface area contributed by atoms with Crippen LogP contribution >= 0.6 is 0 Å². The van der Waals surface area contributed by atoms with E-state index >= 15 is 0 Å². The van der Waals surface area contributed by atoms with E-state index in [9.17, 15) is 9.59 Å². The molecule has 2 aromatic rings. The Morgan fingerprint density at radius 1 is 1.21 bits per heavy atom. The lowest BCUT2D eigenvalue weighted by atomic mass is 10.1. The summed E-state index contributed by atoms with van der Waals surface area (Å²) in [6.07, 6.45) is 9.04. The zero-order chi connectivity index (χ0) is 16.9. The van der Waals surface area contributed by atoms with Gasteiger partial charge in [-0.3, -0.25) is 14.2 Å². The van der Waals surface area contributed by atoms with Gasteiger partial charge < -0.3 is 4.90 Å². The van der Waals surface area contributed by atoms with E-state index in [0.717, 1.165) is 12.8 Å². The van der Waals surface area contributed by atoms with Crippen LogP contribution in [0.15, 0.2) is 35.4 Å². The van der Waals surface area contributed by atoms with E-state index in [0.29, 0.717) is 29.9 Å². The van der Waals surface area contributed by atoms with Gasteiger partial charge in [0.1, 0.15) is 0 Å². The number of benzene rings is 1. The molecule has 1 aliphatic rings. The topological polar surface area (TPSA) is 55.2 Å². The molecule has 1 heterocycles. The lowest BCUT2D eigenvalue weighted by Crippen LogP contribution is -2.37. The van der Waals surface area contributed by atoms with Crippen LogP contribution in [0.1, 0.15) is 44.9 Å². The Morgan fingerprint density at radius 3 is 2.67 bits per heavy atom. The molecule has 0 radical (unpaired) electrons. The molecule has 128 valence electrons. The summed E-state index contributed by atoms with van der Waals surface area (Å²) in [5.41, 5.74) is 0.617. The second-order valence-corrected chi connectivity index (χ2v) is 6.66. The molecule has 1 fully saturated rings. The Balaban J connectivity index is 1.65. The van der Waals surface area contributed by atoms with Gasteiger partial charge in [0.2, 0.25) is 5.91 Å². The third-order valence-corrected chi connectivity index (χ3v) is 5.06. The maximum absolute atomic E-state index is 12.5. The lowest BCUT2D eigenvalue weighted by Gasteiger charge is -2.27. The summed E-state index contributed by atoms with van der Waals surface area (Å²) in [6, 6.07) is 7.66. The fourth-order valence-electron chi connectivity index (χ4n) is 3.51. The summed E-state index contributed by atoms with van der Waals surface area (Å²) < 4.78 is 1.54. The number of amides is 1. The fourth-order valence-corrected chi connectivity index (χ4v) is 3.51. The van der Waals surface area contributed by atoms with Crippen molar-refractivity contribution in [3.05, 3.63) is 40.9 Å². The average Bonchev–Trinajstić information content (AvgIpc) is 2.90. The third kappa shape index (κ3) is 3.66. The van der Waals surface area contributed by atoms with Gasteiger partial charge in [-0.2, -0.15) is 0 Å². The Morgan fingerprint density at radius 2 is 1.92 bits per heavy atom. The van der Waals surface area contributed by atoms with Crippen molar-refractivity contribution in [1.29, 1.82) is 0 Å². The molecule has 1 aromatic heterocycles. The van der Waals surface area contributed by atoms with Gasteiger partial charge in [-0.1, -0.05) is 37.8 Å². The van der Waals surface area contributed by atoms with Crippen LogP contribution in [0.4, 0.5) is 0 Å². The van der Waals surface area contributed by atoms with Gasteiger partial charge in [0.05, 0.1) is 17.2 Å². The summed E-state index contributed by atoms with van der Waals surface area (Å²) in [6.45, 7) is 0.382. The molecular formula is C19H25N3O2. The van der Waals surface area contributed by atoms with E-state index in [-0.39, 0.29) is 11.5 Å². The number of carbonyl (C=O) groups excluding carboxylic acids is 1. The number of carbonyl (C=O) groups is 1. The summed E-state index contributed by atoms with van der Waals surface area (Å²) in [7, 11) is 1.90. The van der Waals surface area contributed by atoms with E-state index in [4.69, 9.17) is 0 Å². The molecule has 24 heavy (non-hydrogen) atoms. The minimum Gasteiger partial charge on any atom is -0.343 e. The Kier molecular flexibility index (Phi) is 5.28. The second-order valence-electron chi connectivity index (χ2n) is 6.66. The highest BCUT2D eigenvalue weighted by Crippen LogP contribution is 2.21. The molecule has 1 amide bonds. The van der Waals surface area contributed by atoms with Crippen LogP contribution < -0.4 is 5.56 Å². The van der Waals surface area contributed by atoms with Gasteiger partial charge in [-0.25, -0.2) is 4.98 Å². The number of rotatable bonds is 4. The minimum atomic E-state index is -0.0782. The number of hydrogen-bond acceptors (Lipinski definition) is 3. The van der Waals surface area contributed by atoms with Crippen molar-refractivity contribution >= 4 is 16.8 Å². The maximum atomic E-state index is 12.5. The van der Waals surface area contributed by atoms with E-state index in [1.54, 1.807) is 17.0 Å². The van der Waals surface area contributed by atoms with Crippen molar-refractivity contribution in [3.63, 3.8) is 0 Å². The van der Waals surface area contributed by atoms with Crippen molar-refractivity contribution in [2.24, 2.45) is 0 Å². The molecule has 0 saturated heterocycles. The van der Waals surface area contributed by atoms with Crippen LogP contribution in [-0.4, -0.2) is 33.4 Å². The normalized spacial score (nSPS) is 16.0. The number of para-hydroxylation sites is 1. The van der Waals surface area contributed by atoms with Crippen LogP contribution in [0.25, 0.3) is 10.9 Å². The van der Waals surface area contributed by atoms with Gasteiger partial charge in [0.15, 0.2) is 0 Å². The first-order valence-corrected chi connectivity index (χ1v) is 8.86. The second kappa shape index (κ2) is 7.60. The zero-order valence-corrected chi connectivity index (χ0v) is 14.3. The molecule has 1 aliphatic carbocycles. The first-order valence-electron chi connectivity index (χ1n) is 8.86. The number of aromatic nitrogens is 2. The predicted octanol–water partition coefficient (Wildman–Crippen LogP) is 2.97. The lowest BCUT2D eigenvalue weighted by molar-refractivity contribution is -0.132. The number of aryl methyl sites for hydroxylation is 1. The highest BCUT2D eigenvalue weighted by molar-refractivity contribution is 5.77. The van der Waals surface area contributed by atoms with Crippen molar-refractivity contribution < 1.29 is 4.79 Å². The Bertz CT molecular complexity index is 761. The number of hydrogen-bond donors (Lipinski definition) is 0. The van der Waals surface area contributed by atoms with E-state index in [1.807, 2.05) is 30.1 Å². The van der Waals surface area contributed by atoms with Crippen LogP contribution in [0, 0.1) is 0 Å². The summed E-state index contributed by atoms with van der Waals surface area (Å²) in [4.78, 5) is 31.1. The molecule has 1 saturated carbocycles. The molecule has 0 N–H and O–H groups in total. The predicted molar refractivity (Wildman–Crippen MR) is 94.9 cm³/mol. The van der Waals surface area contributed by atoms with Crippen LogP contribution in [0.5, 0.6) is 0 Å². The van der Waals surface area contributed by atoms with Crippen molar-refractivity contribution in [2.75, 3.05) is 7.05 Å². The number of nitrogens with zero attached hydrogens (tertiary/aromatic N) is 3. The van der Waals surface area contributed by atoms with Crippen LogP contribution in [0.2, 0.25) is 0 Å². The molecule has 0 unspecified atom stereocenters. The Labute approximate surface area is 142 Å². The molecule has 0 bridgehead atoms. The molecule has 5 nitrogen and oxygen atoms in total. The minimum absolute atomic E-state index is 0.0782. The molecule has 0 spiro atoms. The fraction of sp³-hybridized carbons (Fsp3) is 0.526. The molecule has 3 rings (SSSR count). The molecule has 0 atom stereocenters. The van der Waals surface area contributed by atoms with E-state index < -0.39 is 0 Å². The van der Waals surface area contributed by atoms with Gasteiger partial charge in [-0.05, 0) is 25.0 Å². The molecule has 5 heteroatoms. The average molecular weight is 327 g/mol. The standard InChI is InChI=1S/C19H25N3O2/c1-21(15-8-4-2-3-5-9-15)18(23)12-13-22-14-20-17-11-7-6-10-16(17)19(22)24/h6-7,10-11,14-15H,2-5,8-9,12-13H2,1H3. The van der Waals surface area contributed by atoms with Gasteiger partial charge in [0.25, 0.3) is 5.56 Å². The van der Waals surface area contributed by atoms with Crippen LogP contribution in [0.3, 0.4) is 0 Å². The van der Waals surface area contributed by atoms with Crippen molar-refractivity contribution in [3.8, 4) is 0 Å². The maximum Gasteiger partial charge on any atom is 0.261 e. The SMILES string of the molecule is CN(C(=O)CCn1cnc2ccccc2c1=O)C1CCCCCC1. The highest BCUT2D eigenvalue weighted by atomic mass is 16.2.